The summed E-state index contributed by atoms with van der Waals surface area (Å²) >= 11 is 6.08. The molecule has 0 atom stereocenters. The monoisotopic (exact) mass is 459 g/mol. The molecule has 1 amide bonds. The molecule has 33 heavy (non-hydrogen) atoms. The quantitative estimate of drug-likeness (QED) is 0.328. The number of rotatable bonds is 7. The van der Waals surface area contributed by atoms with Crippen LogP contribution in [0.25, 0.3) is 11.1 Å². The van der Waals surface area contributed by atoms with Crippen molar-refractivity contribution in [3.05, 3.63) is 94.6 Å². The highest BCUT2D eigenvalue weighted by Crippen LogP contribution is 2.27. The summed E-state index contributed by atoms with van der Waals surface area (Å²) in [5.41, 5.74) is 4.10. The lowest BCUT2D eigenvalue weighted by Gasteiger charge is -2.29. The molecule has 1 fully saturated rings. The smallest absolute Gasteiger partial charge is 0.254 e. The van der Waals surface area contributed by atoms with Gasteiger partial charge in [-0.2, -0.15) is 0 Å². The van der Waals surface area contributed by atoms with E-state index in [1.165, 1.54) is 0 Å². The Bertz CT molecular complexity index is 1250. The molecule has 1 saturated carbocycles. The summed E-state index contributed by atoms with van der Waals surface area (Å²) in [5.74, 6) is 0.689. The first-order valence-corrected chi connectivity index (χ1v) is 11.9. The molecule has 1 aliphatic rings. The van der Waals surface area contributed by atoms with Gasteiger partial charge in [0.2, 0.25) is 0 Å². The van der Waals surface area contributed by atoms with Crippen LogP contribution >= 0.6 is 11.6 Å². The summed E-state index contributed by atoms with van der Waals surface area (Å²) in [6.07, 6.45) is 7.64. The lowest BCUT2D eigenvalue weighted by Crippen LogP contribution is -2.38. The number of aryl methyl sites for hydroxylation is 2. The Morgan fingerprint density at radius 2 is 1.91 bits per heavy atom. The third kappa shape index (κ3) is 5.09. The second-order valence-electron chi connectivity index (χ2n) is 8.61. The molecule has 0 unspecified atom stereocenters. The number of aromatic nitrogens is 2. The first-order chi connectivity index (χ1) is 16.2. The Balaban J connectivity index is 1.35. The van der Waals surface area contributed by atoms with Gasteiger partial charge in [-0.25, -0.2) is 4.98 Å². The third-order valence-electron chi connectivity index (χ3n) is 6.28. The van der Waals surface area contributed by atoms with Gasteiger partial charge in [-0.1, -0.05) is 42.6 Å². The average Bonchev–Trinajstić information content (AvgIpc) is 3.51. The zero-order valence-electron chi connectivity index (χ0n) is 18.4. The van der Waals surface area contributed by atoms with Crippen molar-refractivity contribution in [2.45, 2.75) is 51.1 Å². The Morgan fingerprint density at radius 1 is 1.03 bits per heavy atom. The SMILES string of the molecule is O=C(c1ccc2oc(CCc3cccc(Cl)c3)nc2c1)N(Cc1ccccn1)C1CCCC1. The molecule has 0 saturated heterocycles. The van der Waals surface area contributed by atoms with Crippen LogP contribution in [0.4, 0.5) is 0 Å². The van der Waals surface area contributed by atoms with Crippen molar-refractivity contribution in [2.75, 3.05) is 0 Å². The fourth-order valence-corrected chi connectivity index (χ4v) is 4.79. The number of amides is 1. The summed E-state index contributed by atoms with van der Waals surface area (Å²) in [6.45, 7) is 0.520. The minimum atomic E-state index is 0.0259. The van der Waals surface area contributed by atoms with Crippen molar-refractivity contribution in [1.82, 2.24) is 14.9 Å². The fraction of sp³-hybridized carbons (Fsp3) is 0.296. The van der Waals surface area contributed by atoms with E-state index < -0.39 is 0 Å². The van der Waals surface area contributed by atoms with E-state index in [1.54, 1.807) is 6.20 Å². The van der Waals surface area contributed by atoms with Gasteiger partial charge in [-0.15, -0.1) is 0 Å². The van der Waals surface area contributed by atoms with Crippen LogP contribution in [0.3, 0.4) is 0 Å². The average molecular weight is 460 g/mol. The number of carbonyl (C=O) groups is 1. The number of oxazole rings is 1. The minimum absolute atomic E-state index is 0.0259. The number of fused-ring (bicyclic) bond motifs is 1. The first kappa shape index (κ1) is 21.7. The standard InChI is InChI=1S/C27H26ClN3O2/c28-21-7-5-6-19(16-21)11-14-26-30-24-17-20(12-13-25(24)33-26)27(32)31(23-9-1-2-10-23)18-22-8-3-4-15-29-22/h3-8,12-13,15-17,23H,1-2,9-11,14,18H2. The highest BCUT2D eigenvalue weighted by atomic mass is 35.5. The summed E-state index contributed by atoms with van der Waals surface area (Å²) in [5, 5.41) is 0.728. The maximum Gasteiger partial charge on any atom is 0.254 e. The highest BCUT2D eigenvalue weighted by Gasteiger charge is 2.28. The van der Waals surface area contributed by atoms with Gasteiger partial charge in [0, 0.05) is 29.2 Å². The number of hydrogen-bond acceptors (Lipinski definition) is 4. The maximum absolute atomic E-state index is 13.6. The molecule has 2 heterocycles. The third-order valence-corrected chi connectivity index (χ3v) is 6.52. The van der Waals surface area contributed by atoms with E-state index in [2.05, 4.69) is 9.97 Å². The van der Waals surface area contributed by atoms with Gasteiger partial charge in [0.1, 0.15) is 5.52 Å². The molecule has 0 bridgehead atoms. The van der Waals surface area contributed by atoms with Crippen molar-refractivity contribution in [3.8, 4) is 0 Å². The molecule has 5 nitrogen and oxygen atoms in total. The Labute approximate surface area is 198 Å². The Kier molecular flexibility index (Phi) is 6.40. The van der Waals surface area contributed by atoms with E-state index in [9.17, 15) is 4.79 Å². The molecule has 1 aliphatic carbocycles. The number of benzene rings is 2. The Hall–Kier alpha value is -3.18. The van der Waals surface area contributed by atoms with Crippen LogP contribution in [0.1, 0.15) is 53.2 Å². The Morgan fingerprint density at radius 3 is 2.70 bits per heavy atom. The van der Waals surface area contributed by atoms with Crippen molar-refractivity contribution in [1.29, 1.82) is 0 Å². The molecule has 0 spiro atoms. The number of carbonyl (C=O) groups excluding carboxylic acids is 1. The van der Waals surface area contributed by atoms with E-state index in [0.29, 0.717) is 35.5 Å². The number of pyridine rings is 1. The van der Waals surface area contributed by atoms with E-state index in [-0.39, 0.29) is 11.9 Å². The van der Waals surface area contributed by atoms with E-state index in [4.69, 9.17) is 16.0 Å². The van der Waals surface area contributed by atoms with Gasteiger partial charge in [0.25, 0.3) is 5.91 Å². The largest absolute Gasteiger partial charge is 0.441 e. The van der Waals surface area contributed by atoms with E-state index in [0.717, 1.165) is 48.4 Å². The molecule has 4 aromatic rings. The number of halogens is 1. The normalized spacial score (nSPS) is 14.1. The second-order valence-corrected chi connectivity index (χ2v) is 9.05. The second kappa shape index (κ2) is 9.75. The summed E-state index contributed by atoms with van der Waals surface area (Å²) < 4.78 is 5.93. The molecule has 6 heteroatoms. The summed E-state index contributed by atoms with van der Waals surface area (Å²) in [7, 11) is 0. The van der Waals surface area contributed by atoms with Gasteiger partial charge in [0.15, 0.2) is 11.5 Å². The van der Waals surface area contributed by atoms with Crippen LogP contribution < -0.4 is 0 Å². The molecular formula is C27H26ClN3O2. The number of nitrogens with zero attached hydrogens (tertiary/aromatic N) is 3. The molecule has 5 rings (SSSR count). The predicted molar refractivity (Wildman–Crippen MR) is 129 cm³/mol. The topological polar surface area (TPSA) is 59.2 Å². The molecule has 168 valence electrons. The van der Waals surface area contributed by atoms with Gasteiger partial charge in [0.05, 0.1) is 12.2 Å². The van der Waals surface area contributed by atoms with Crippen LogP contribution in [0.5, 0.6) is 0 Å². The molecule has 2 aromatic carbocycles. The highest BCUT2D eigenvalue weighted by molar-refractivity contribution is 6.30. The van der Waals surface area contributed by atoms with Crippen molar-refractivity contribution in [2.24, 2.45) is 0 Å². The summed E-state index contributed by atoms with van der Waals surface area (Å²) in [6, 6.07) is 19.5. The molecule has 0 radical (unpaired) electrons. The van der Waals surface area contributed by atoms with Crippen molar-refractivity contribution >= 4 is 28.6 Å². The summed E-state index contributed by atoms with van der Waals surface area (Å²) in [4.78, 5) is 24.6. The van der Waals surface area contributed by atoms with Crippen LogP contribution in [-0.2, 0) is 19.4 Å². The minimum Gasteiger partial charge on any atom is -0.441 e. The van der Waals surface area contributed by atoms with Gasteiger partial charge < -0.3 is 9.32 Å². The molecule has 0 N–H and O–H groups in total. The molecule has 2 aromatic heterocycles. The predicted octanol–water partition coefficient (Wildman–Crippen LogP) is 6.25. The van der Waals surface area contributed by atoms with Gasteiger partial charge in [-0.3, -0.25) is 9.78 Å². The van der Waals surface area contributed by atoms with Crippen molar-refractivity contribution in [3.63, 3.8) is 0 Å². The van der Waals surface area contributed by atoms with Crippen LogP contribution in [-0.4, -0.2) is 26.8 Å². The van der Waals surface area contributed by atoms with Crippen LogP contribution in [0, 0.1) is 0 Å². The first-order valence-electron chi connectivity index (χ1n) is 11.5. The maximum atomic E-state index is 13.6. The van der Waals surface area contributed by atoms with Crippen LogP contribution in [0.15, 0.2) is 71.3 Å². The van der Waals surface area contributed by atoms with Crippen LogP contribution in [0.2, 0.25) is 5.02 Å². The lowest BCUT2D eigenvalue weighted by atomic mass is 10.1. The van der Waals surface area contributed by atoms with Gasteiger partial charge >= 0.3 is 0 Å². The number of hydrogen-bond donors (Lipinski definition) is 0. The van der Waals surface area contributed by atoms with Gasteiger partial charge in [-0.05, 0) is 67.3 Å². The van der Waals surface area contributed by atoms with E-state index in [1.807, 2.05) is 65.6 Å². The molecule has 0 aliphatic heterocycles. The molecular weight excluding hydrogens is 434 g/mol. The lowest BCUT2D eigenvalue weighted by molar-refractivity contribution is 0.0662. The zero-order valence-corrected chi connectivity index (χ0v) is 19.2. The zero-order chi connectivity index (χ0) is 22.6. The van der Waals surface area contributed by atoms with Crippen molar-refractivity contribution < 1.29 is 9.21 Å². The van der Waals surface area contributed by atoms with E-state index >= 15 is 0 Å². The fourth-order valence-electron chi connectivity index (χ4n) is 4.57.